The predicted molar refractivity (Wildman–Crippen MR) is 128 cm³/mol. The summed E-state index contributed by atoms with van der Waals surface area (Å²) in [6.07, 6.45) is 1.02. The second-order valence-electron chi connectivity index (χ2n) is 9.67. The average molecular weight is 463 g/mol. The topological polar surface area (TPSA) is 32.8 Å². The van der Waals surface area contributed by atoms with Crippen LogP contribution in [0.1, 0.15) is 38.3 Å². The van der Waals surface area contributed by atoms with Crippen LogP contribution in [0.3, 0.4) is 0 Å². The molecule has 1 aliphatic heterocycles. The second-order valence-corrected chi connectivity index (χ2v) is 10.5. The maximum absolute atomic E-state index is 12.6. The van der Waals surface area contributed by atoms with Gasteiger partial charge in [-0.2, -0.15) is 0 Å². The van der Waals surface area contributed by atoms with Crippen LogP contribution in [-0.2, 0) is 17.9 Å². The van der Waals surface area contributed by atoms with Crippen molar-refractivity contribution in [1.82, 2.24) is 9.80 Å². The number of benzene rings is 2. The zero-order valence-electron chi connectivity index (χ0n) is 18.8. The first-order valence-electron chi connectivity index (χ1n) is 10.7. The lowest BCUT2D eigenvalue weighted by Crippen LogP contribution is -2.53. The van der Waals surface area contributed by atoms with Crippen molar-refractivity contribution in [3.63, 3.8) is 0 Å². The van der Waals surface area contributed by atoms with Crippen LogP contribution in [0.15, 0.2) is 42.5 Å². The summed E-state index contributed by atoms with van der Waals surface area (Å²) in [6, 6.07) is 13.5. The summed E-state index contributed by atoms with van der Waals surface area (Å²) >= 11 is 12.1. The zero-order valence-corrected chi connectivity index (χ0v) is 20.3. The number of carbonyl (C=O) groups excluding carboxylic acids is 1. The van der Waals surface area contributed by atoms with Crippen LogP contribution >= 0.6 is 23.2 Å². The van der Waals surface area contributed by atoms with Crippen molar-refractivity contribution in [2.45, 2.75) is 40.3 Å². The van der Waals surface area contributed by atoms with Gasteiger partial charge in [0.25, 0.3) is 0 Å². The average Bonchev–Trinajstić information content (AvgIpc) is 2.66. The maximum atomic E-state index is 12.6. The van der Waals surface area contributed by atoms with Crippen LogP contribution in [0.5, 0.6) is 5.75 Å². The molecular weight excluding hydrogens is 431 g/mol. The highest BCUT2D eigenvalue weighted by atomic mass is 35.5. The quantitative estimate of drug-likeness (QED) is 0.489. The molecule has 0 N–H and O–H groups in total. The number of amides is 1. The van der Waals surface area contributed by atoms with Gasteiger partial charge in [-0.15, -0.1) is 0 Å². The molecule has 1 fully saturated rings. The molecule has 0 bridgehead atoms. The number of hydrogen-bond donors (Lipinski definition) is 0. The number of nitrogens with zero attached hydrogens (tertiary/aromatic N) is 2. The molecule has 1 amide bonds. The first-order valence-corrected chi connectivity index (χ1v) is 11.5. The first-order chi connectivity index (χ1) is 14.6. The number of likely N-dealkylation sites (tertiary alicyclic amines) is 1. The Balaban J connectivity index is 1.41. The van der Waals surface area contributed by atoms with Gasteiger partial charge in [-0.1, -0.05) is 56.1 Å². The lowest BCUT2D eigenvalue weighted by molar-refractivity contribution is -0.140. The van der Waals surface area contributed by atoms with Crippen LogP contribution in [0, 0.1) is 11.3 Å². The zero-order chi connectivity index (χ0) is 22.6. The fourth-order valence-corrected chi connectivity index (χ4v) is 4.16. The van der Waals surface area contributed by atoms with Gasteiger partial charge in [-0.05, 0) is 53.3 Å². The molecule has 3 rings (SSSR count). The summed E-state index contributed by atoms with van der Waals surface area (Å²) in [4.78, 5) is 16.8. The van der Waals surface area contributed by atoms with Crippen LogP contribution in [0.25, 0.3) is 0 Å². The molecule has 1 saturated heterocycles. The smallest absolute Gasteiger partial charge is 0.228 e. The molecule has 0 aliphatic carbocycles. The summed E-state index contributed by atoms with van der Waals surface area (Å²) in [5, 5.41) is 1.21. The Morgan fingerprint density at radius 3 is 2.26 bits per heavy atom. The van der Waals surface area contributed by atoms with Crippen molar-refractivity contribution in [2.24, 2.45) is 11.3 Å². The van der Waals surface area contributed by atoms with Gasteiger partial charge in [0.05, 0.1) is 5.92 Å². The van der Waals surface area contributed by atoms with E-state index >= 15 is 0 Å². The van der Waals surface area contributed by atoms with Crippen LogP contribution in [0.2, 0.25) is 10.0 Å². The number of rotatable bonds is 8. The Hall–Kier alpha value is -1.75. The van der Waals surface area contributed by atoms with Crippen LogP contribution in [-0.4, -0.2) is 42.4 Å². The van der Waals surface area contributed by atoms with Crippen LogP contribution < -0.4 is 4.74 Å². The lowest BCUT2D eigenvalue weighted by Gasteiger charge is -2.40. The van der Waals surface area contributed by atoms with E-state index < -0.39 is 0 Å². The van der Waals surface area contributed by atoms with Gasteiger partial charge in [0.2, 0.25) is 5.91 Å². The molecular formula is C25H32Cl2N2O2. The van der Waals surface area contributed by atoms with E-state index in [9.17, 15) is 4.79 Å². The Labute approximate surface area is 196 Å². The molecule has 4 nitrogen and oxygen atoms in total. The third kappa shape index (κ3) is 7.41. The summed E-state index contributed by atoms with van der Waals surface area (Å²) in [5.74, 6) is 1.19. The molecule has 0 aromatic heterocycles. The molecule has 1 heterocycles. The van der Waals surface area contributed by atoms with E-state index in [0.717, 1.165) is 43.9 Å². The van der Waals surface area contributed by atoms with Gasteiger partial charge in [0, 0.05) is 43.3 Å². The van der Waals surface area contributed by atoms with Gasteiger partial charge in [-0.25, -0.2) is 0 Å². The van der Waals surface area contributed by atoms with Crippen molar-refractivity contribution in [2.75, 3.05) is 26.7 Å². The summed E-state index contributed by atoms with van der Waals surface area (Å²) in [5.41, 5.74) is 2.40. The van der Waals surface area contributed by atoms with Crippen molar-refractivity contribution in [3.8, 4) is 5.75 Å². The van der Waals surface area contributed by atoms with E-state index in [1.807, 2.05) is 36.2 Å². The standard InChI is InChI=1S/C25H32Cl2N2O2/c1-25(2,3)9-10-28(4)24(30)20-15-29(16-20)14-18-5-7-23(8-6-18)31-17-19-11-21(26)13-22(27)12-19/h5-8,11-13,20H,9-10,14-17H2,1-4H3. The molecule has 0 saturated carbocycles. The number of carbonyl (C=O) groups is 1. The Morgan fingerprint density at radius 1 is 1.06 bits per heavy atom. The molecule has 0 unspecified atom stereocenters. The van der Waals surface area contributed by atoms with Crippen molar-refractivity contribution in [3.05, 3.63) is 63.6 Å². The summed E-state index contributed by atoms with van der Waals surface area (Å²) < 4.78 is 5.84. The Bertz CT molecular complexity index is 867. The predicted octanol–water partition coefficient (Wildman–Crippen LogP) is 5.90. The minimum absolute atomic E-state index is 0.122. The van der Waals surface area contributed by atoms with Crippen molar-refractivity contribution >= 4 is 29.1 Å². The molecule has 0 radical (unpaired) electrons. The molecule has 31 heavy (non-hydrogen) atoms. The second kappa shape index (κ2) is 10.2. The van der Waals surface area contributed by atoms with Crippen molar-refractivity contribution in [1.29, 1.82) is 0 Å². The van der Waals surface area contributed by atoms with Gasteiger partial charge in [-0.3, -0.25) is 9.69 Å². The fraction of sp³-hybridized carbons (Fsp3) is 0.480. The minimum atomic E-state index is 0.122. The minimum Gasteiger partial charge on any atom is -0.489 e. The van der Waals surface area contributed by atoms with Gasteiger partial charge >= 0.3 is 0 Å². The maximum Gasteiger partial charge on any atom is 0.228 e. The fourth-order valence-electron chi connectivity index (χ4n) is 3.59. The third-order valence-corrected chi connectivity index (χ3v) is 5.97. The van der Waals surface area contributed by atoms with Gasteiger partial charge in [0.15, 0.2) is 0 Å². The SMILES string of the molecule is CN(CCC(C)(C)C)C(=O)C1CN(Cc2ccc(OCc3cc(Cl)cc(Cl)c3)cc2)C1. The third-order valence-electron chi connectivity index (χ3n) is 5.54. The van der Waals surface area contributed by atoms with E-state index in [0.29, 0.717) is 16.7 Å². The van der Waals surface area contributed by atoms with E-state index in [4.69, 9.17) is 27.9 Å². The molecule has 6 heteroatoms. The first kappa shape index (κ1) is 23.9. The highest BCUT2D eigenvalue weighted by Gasteiger charge is 2.34. The molecule has 0 atom stereocenters. The van der Waals surface area contributed by atoms with E-state index in [-0.39, 0.29) is 17.2 Å². The van der Waals surface area contributed by atoms with Gasteiger partial charge < -0.3 is 9.64 Å². The number of hydrogen-bond acceptors (Lipinski definition) is 3. The molecule has 168 valence electrons. The Kier molecular flexibility index (Phi) is 7.90. The van der Waals surface area contributed by atoms with Crippen LogP contribution in [0.4, 0.5) is 0 Å². The number of ether oxygens (including phenoxy) is 1. The Morgan fingerprint density at radius 2 is 1.68 bits per heavy atom. The largest absolute Gasteiger partial charge is 0.489 e. The lowest BCUT2D eigenvalue weighted by atomic mass is 9.91. The van der Waals surface area contributed by atoms with E-state index in [1.54, 1.807) is 6.07 Å². The highest BCUT2D eigenvalue weighted by Crippen LogP contribution is 2.24. The normalized spacial score (nSPS) is 14.9. The monoisotopic (exact) mass is 462 g/mol. The molecule has 2 aromatic carbocycles. The van der Waals surface area contributed by atoms with Crippen molar-refractivity contribution < 1.29 is 9.53 Å². The molecule has 1 aliphatic rings. The highest BCUT2D eigenvalue weighted by molar-refractivity contribution is 6.34. The molecule has 0 spiro atoms. The summed E-state index contributed by atoms with van der Waals surface area (Å²) in [7, 11) is 1.92. The number of halogens is 2. The van der Waals surface area contributed by atoms with E-state index in [1.165, 1.54) is 5.56 Å². The van der Waals surface area contributed by atoms with Gasteiger partial charge in [0.1, 0.15) is 12.4 Å². The van der Waals surface area contributed by atoms with E-state index in [2.05, 4.69) is 37.8 Å². The molecule has 2 aromatic rings. The summed E-state index contributed by atoms with van der Waals surface area (Å²) in [6.45, 7) is 10.4.